The molecule has 2 unspecified atom stereocenters. The molecule has 0 saturated carbocycles. The van der Waals surface area contributed by atoms with Gasteiger partial charge in [0.2, 0.25) is 0 Å². The molecule has 0 spiro atoms. The summed E-state index contributed by atoms with van der Waals surface area (Å²) in [6.07, 6.45) is 1.87. The summed E-state index contributed by atoms with van der Waals surface area (Å²) < 4.78 is 5.86. The lowest BCUT2D eigenvalue weighted by molar-refractivity contribution is -0.0240. The molecule has 1 aromatic rings. The van der Waals surface area contributed by atoms with E-state index < -0.39 is 0 Å². The number of pyridine rings is 1. The molecule has 0 radical (unpaired) electrons. The zero-order valence-electron chi connectivity index (χ0n) is 9.68. The molecule has 15 heavy (non-hydrogen) atoms. The molecule has 1 rings (SSSR count). The fourth-order valence-corrected chi connectivity index (χ4v) is 1.23. The van der Waals surface area contributed by atoms with Gasteiger partial charge < -0.3 is 10.5 Å². The molecule has 0 aliphatic carbocycles. The van der Waals surface area contributed by atoms with Gasteiger partial charge in [0.1, 0.15) is 6.10 Å². The first-order valence-electron chi connectivity index (χ1n) is 5.41. The Labute approximate surface area is 91.7 Å². The van der Waals surface area contributed by atoms with Crippen molar-refractivity contribution in [2.45, 2.75) is 33.0 Å². The number of nitrogens with zero attached hydrogens (tertiary/aromatic N) is 1. The molecule has 0 saturated heterocycles. The van der Waals surface area contributed by atoms with Crippen LogP contribution in [0.2, 0.25) is 0 Å². The van der Waals surface area contributed by atoms with Gasteiger partial charge in [-0.05, 0) is 25.0 Å². The van der Waals surface area contributed by atoms with Gasteiger partial charge in [0.05, 0.1) is 11.8 Å². The van der Waals surface area contributed by atoms with Crippen LogP contribution in [-0.4, -0.2) is 17.6 Å². The SMILES string of the molecule is CC(C)C(C)OC(CN)c1ccccn1. The highest BCUT2D eigenvalue weighted by atomic mass is 16.5. The van der Waals surface area contributed by atoms with Crippen LogP contribution in [0.1, 0.15) is 32.6 Å². The fourth-order valence-electron chi connectivity index (χ4n) is 1.23. The summed E-state index contributed by atoms with van der Waals surface area (Å²) in [7, 11) is 0. The minimum atomic E-state index is -0.0939. The molecule has 3 heteroatoms. The molecule has 1 heterocycles. The summed E-state index contributed by atoms with van der Waals surface area (Å²) in [6.45, 7) is 6.80. The molecule has 2 N–H and O–H groups in total. The van der Waals surface area contributed by atoms with Crippen LogP contribution in [0.15, 0.2) is 24.4 Å². The Bertz CT molecular complexity index is 274. The summed E-state index contributed by atoms with van der Waals surface area (Å²) in [4.78, 5) is 4.26. The van der Waals surface area contributed by atoms with Crippen molar-refractivity contribution in [2.75, 3.05) is 6.54 Å². The maximum Gasteiger partial charge on any atom is 0.112 e. The van der Waals surface area contributed by atoms with Crippen LogP contribution >= 0.6 is 0 Å². The fraction of sp³-hybridized carbons (Fsp3) is 0.583. The number of aromatic nitrogens is 1. The molecule has 1 aromatic heterocycles. The monoisotopic (exact) mass is 208 g/mol. The van der Waals surface area contributed by atoms with Gasteiger partial charge in [-0.25, -0.2) is 0 Å². The van der Waals surface area contributed by atoms with Crippen molar-refractivity contribution in [1.82, 2.24) is 4.98 Å². The van der Waals surface area contributed by atoms with Crippen LogP contribution < -0.4 is 5.73 Å². The minimum Gasteiger partial charge on any atom is -0.367 e. The van der Waals surface area contributed by atoms with Gasteiger partial charge in [0, 0.05) is 12.7 Å². The zero-order valence-corrected chi connectivity index (χ0v) is 9.68. The van der Waals surface area contributed by atoms with E-state index in [-0.39, 0.29) is 12.2 Å². The lowest BCUT2D eigenvalue weighted by Crippen LogP contribution is -2.24. The molecule has 84 valence electrons. The maximum absolute atomic E-state index is 5.86. The Balaban J connectivity index is 2.65. The second-order valence-corrected chi connectivity index (χ2v) is 4.06. The highest BCUT2D eigenvalue weighted by Crippen LogP contribution is 2.18. The minimum absolute atomic E-state index is 0.0939. The second-order valence-electron chi connectivity index (χ2n) is 4.06. The van der Waals surface area contributed by atoms with Gasteiger partial charge in [-0.1, -0.05) is 19.9 Å². The molecular formula is C12H20N2O. The van der Waals surface area contributed by atoms with Crippen LogP contribution in [0, 0.1) is 5.92 Å². The number of ether oxygens (including phenoxy) is 1. The molecule has 0 aliphatic rings. The van der Waals surface area contributed by atoms with Crippen molar-refractivity contribution >= 4 is 0 Å². The third-order valence-corrected chi connectivity index (χ3v) is 2.55. The van der Waals surface area contributed by atoms with Crippen molar-refractivity contribution in [2.24, 2.45) is 11.7 Å². The van der Waals surface area contributed by atoms with Crippen LogP contribution in [0.4, 0.5) is 0 Å². The Hall–Kier alpha value is -0.930. The van der Waals surface area contributed by atoms with Gasteiger partial charge in [-0.3, -0.25) is 4.98 Å². The topological polar surface area (TPSA) is 48.1 Å². The van der Waals surface area contributed by atoms with E-state index in [9.17, 15) is 0 Å². The van der Waals surface area contributed by atoms with E-state index in [1.165, 1.54) is 0 Å². The predicted octanol–water partition coefficient (Wildman–Crippen LogP) is 2.14. The van der Waals surface area contributed by atoms with E-state index in [0.717, 1.165) is 5.69 Å². The normalized spacial score (nSPS) is 15.3. The molecular weight excluding hydrogens is 188 g/mol. The summed E-state index contributed by atoms with van der Waals surface area (Å²) in [5.41, 5.74) is 6.60. The summed E-state index contributed by atoms with van der Waals surface area (Å²) in [5, 5.41) is 0. The lowest BCUT2D eigenvalue weighted by Gasteiger charge is -2.23. The molecule has 0 amide bonds. The van der Waals surface area contributed by atoms with Crippen LogP contribution in [-0.2, 0) is 4.74 Å². The van der Waals surface area contributed by atoms with E-state index in [2.05, 4.69) is 25.8 Å². The summed E-state index contributed by atoms with van der Waals surface area (Å²) >= 11 is 0. The predicted molar refractivity (Wildman–Crippen MR) is 61.4 cm³/mol. The van der Waals surface area contributed by atoms with Crippen LogP contribution in [0.3, 0.4) is 0 Å². The summed E-state index contributed by atoms with van der Waals surface area (Å²) in [5.74, 6) is 0.489. The van der Waals surface area contributed by atoms with Crippen molar-refractivity contribution in [3.8, 4) is 0 Å². The van der Waals surface area contributed by atoms with Gasteiger partial charge in [-0.15, -0.1) is 0 Å². The Morgan fingerprint density at radius 3 is 2.53 bits per heavy atom. The van der Waals surface area contributed by atoms with E-state index in [1.807, 2.05) is 18.2 Å². The third kappa shape index (κ3) is 3.61. The Morgan fingerprint density at radius 1 is 1.33 bits per heavy atom. The Kier molecular flexibility index (Phi) is 4.72. The van der Waals surface area contributed by atoms with E-state index in [4.69, 9.17) is 10.5 Å². The van der Waals surface area contributed by atoms with Gasteiger partial charge in [0.25, 0.3) is 0 Å². The average molecular weight is 208 g/mol. The smallest absolute Gasteiger partial charge is 0.112 e. The van der Waals surface area contributed by atoms with Gasteiger partial charge in [-0.2, -0.15) is 0 Å². The molecule has 0 fully saturated rings. The summed E-state index contributed by atoms with van der Waals surface area (Å²) in [6, 6.07) is 5.79. The number of rotatable bonds is 5. The Morgan fingerprint density at radius 2 is 2.07 bits per heavy atom. The van der Waals surface area contributed by atoms with E-state index in [1.54, 1.807) is 6.20 Å². The first kappa shape index (κ1) is 12.1. The molecule has 0 aliphatic heterocycles. The van der Waals surface area contributed by atoms with E-state index >= 15 is 0 Å². The maximum atomic E-state index is 5.86. The second kappa shape index (κ2) is 5.83. The molecule has 3 nitrogen and oxygen atoms in total. The molecule has 2 atom stereocenters. The highest BCUT2D eigenvalue weighted by molar-refractivity contribution is 5.07. The largest absolute Gasteiger partial charge is 0.367 e. The van der Waals surface area contributed by atoms with Gasteiger partial charge >= 0.3 is 0 Å². The van der Waals surface area contributed by atoms with Crippen molar-refractivity contribution in [1.29, 1.82) is 0 Å². The van der Waals surface area contributed by atoms with Crippen molar-refractivity contribution in [3.63, 3.8) is 0 Å². The number of hydrogen-bond acceptors (Lipinski definition) is 3. The zero-order chi connectivity index (χ0) is 11.3. The highest BCUT2D eigenvalue weighted by Gasteiger charge is 2.16. The molecule has 0 bridgehead atoms. The third-order valence-electron chi connectivity index (χ3n) is 2.55. The van der Waals surface area contributed by atoms with E-state index in [0.29, 0.717) is 12.5 Å². The lowest BCUT2D eigenvalue weighted by atomic mass is 10.1. The standard InChI is InChI=1S/C12H20N2O/c1-9(2)10(3)15-12(8-13)11-6-4-5-7-14-11/h4-7,9-10,12H,8,13H2,1-3H3. The van der Waals surface area contributed by atoms with Crippen molar-refractivity contribution in [3.05, 3.63) is 30.1 Å². The number of hydrogen-bond donors (Lipinski definition) is 1. The van der Waals surface area contributed by atoms with Crippen molar-refractivity contribution < 1.29 is 4.74 Å². The quantitative estimate of drug-likeness (QED) is 0.806. The van der Waals surface area contributed by atoms with Crippen LogP contribution in [0.5, 0.6) is 0 Å². The van der Waals surface area contributed by atoms with Crippen LogP contribution in [0.25, 0.3) is 0 Å². The molecule has 0 aromatic carbocycles. The number of nitrogens with two attached hydrogens (primary N) is 1. The average Bonchev–Trinajstić information content (AvgIpc) is 2.26. The van der Waals surface area contributed by atoms with Gasteiger partial charge in [0.15, 0.2) is 0 Å². The first-order valence-corrected chi connectivity index (χ1v) is 5.41. The first-order chi connectivity index (χ1) is 7.15.